The zero-order valence-electron chi connectivity index (χ0n) is 11.5. The van der Waals surface area contributed by atoms with Gasteiger partial charge in [-0.2, -0.15) is 9.78 Å². The summed E-state index contributed by atoms with van der Waals surface area (Å²) in [6.45, 7) is 4.19. The highest BCUT2D eigenvalue weighted by molar-refractivity contribution is 7.73. The molecule has 0 radical (unpaired) electrons. The fourth-order valence-corrected chi connectivity index (χ4v) is 5.38. The first-order valence-electron chi connectivity index (χ1n) is 7.18. The van der Waals surface area contributed by atoms with Crippen molar-refractivity contribution in [3.63, 3.8) is 0 Å². The molecule has 2 aromatic rings. The van der Waals surface area contributed by atoms with Crippen LogP contribution in [-0.4, -0.2) is 16.3 Å². The van der Waals surface area contributed by atoms with E-state index in [0.717, 1.165) is 21.5 Å². The normalized spacial score (nSPS) is 25.6. The van der Waals surface area contributed by atoms with E-state index in [2.05, 4.69) is 16.5 Å². The number of hydrogen-bond acceptors (Lipinski definition) is 4. The van der Waals surface area contributed by atoms with Crippen LogP contribution in [0.1, 0.15) is 34.3 Å². The van der Waals surface area contributed by atoms with E-state index in [1.807, 2.05) is 22.9 Å². The molecule has 1 saturated carbocycles. The van der Waals surface area contributed by atoms with Gasteiger partial charge in [-0.15, -0.1) is 11.3 Å². The minimum Gasteiger partial charge on any atom is -0.310 e. The highest BCUT2D eigenvalue weighted by Crippen LogP contribution is 2.42. The van der Waals surface area contributed by atoms with Crippen LogP contribution in [0.5, 0.6) is 0 Å². The molecule has 1 unspecified atom stereocenters. The van der Waals surface area contributed by atoms with Gasteiger partial charge in [-0.25, -0.2) is 0 Å². The fourth-order valence-electron chi connectivity index (χ4n) is 3.38. The van der Waals surface area contributed by atoms with Crippen molar-refractivity contribution in [2.75, 3.05) is 6.54 Å². The van der Waals surface area contributed by atoms with Gasteiger partial charge in [0.15, 0.2) is 10.6 Å². The van der Waals surface area contributed by atoms with Gasteiger partial charge in [0.1, 0.15) is 11.0 Å². The summed E-state index contributed by atoms with van der Waals surface area (Å²) < 4.78 is 2.96. The number of aryl methyl sites for hydroxylation is 1. The van der Waals surface area contributed by atoms with Crippen molar-refractivity contribution in [2.45, 2.75) is 38.9 Å². The third-order valence-corrected chi connectivity index (χ3v) is 6.60. The largest absolute Gasteiger partial charge is 0.310 e. The maximum absolute atomic E-state index is 5.43. The van der Waals surface area contributed by atoms with Crippen molar-refractivity contribution in [3.05, 3.63) is 30.8 Å². The quantitative estimate of drug-likeness (QED) is 0.877. The topological polar surface area (TPSA) is 22.3 Å². The molecule has 2 aliphatic rings. The van der Waals surface area contributed by atoms with Crippen molar-refractivity contribution in [3.8, 4) is 0 Å². The van der Waals surface area contributed by atoms with Crippen molar-refractivity contribution in [1.82, 2.24) is 9.78 Å². The summed E-state index contributed by atoms with van der Waals surface area (Å²) >= 11 is 8.99. The Morgan fingerprint density at radius 2 is 2.35 bits per heavy atom. The summed E-state index contributed by atoms with van der Waals surface area (Å²) in [6.07, 6.45) is 4.00. The number of quaternary nitrogens is 1. The zero-order valence-corrected chi connectivity index (χ0v) is 13.9. The molecule has 3 heterocycles. The lowest BCUT2D eigenvalue weighted by atomic mass is 9.96. The minimum atomic E-state index is 0.675. The Balaban J connectivity index is 1.64. The highest BCUT2D eigenvalue weighted by Gasteiger charge is 2.43. The third kappa shape index (κ3) is 2.28. The first-order chi connectivity index (χ1) is 9.72. The van der Waals surface area contributed by atoms with Crippen LogP contribution < -0.4 is 4.90 Å². The molecule has 106 valence electrons. The first kappa shape index (κ1) is 13.1. The van der Waals surface area contributed by atoms with E-state index in [0.29, 0.717) is 6.04 Å². The number of nitrogens with zero attached hydrogens (tertiary/aromatic N) is 2. The van der Waals surface area contributed by atoms with E-state index < -0.39 is 0 Å². The summed E-state index contributed by atoms with van der Waals surface area (Å²) in [5, 5.41) is 7.92. The van der Waals surface area contributed by atoms with Crippen LogP contribution in [0.4, 0.5) is 0 Å². The fraction of sp³-hybridized carbons (Fsp3) is 0.571. The number of rotatable bonds is 3. The molecule has 0 saturated heterocycles. The molecule has 1 fully saturated rings. The van der Waals surface area contributed by atoms with Gasteiger partial charge in [0.05, 0.1) is 6.54 Å². The first-order valence-corrected chi connectivity index (χ1v) is 9.28. The van der Waals surface area contributed by atoms with Crippen molar-refractivity contribution in [1.29, 1.82) is 0 Å². The lowest BCUT2D eigenvalue weighted by Gasteiger charge is -2.32. The average molecular weight is 325 g/mol. The van der Waals surface area contributed by atoms with Gasteiger partial charge in [-0.05, 0) is 43.4 Å². The Labute approximate surface area is 131 Å². The molecule has 6 heteroatoms. The number of hydrogen-bond donors (Lipinski definition) is 1. The molecule has 0 amide bonds. The van der Waals surface area contributed by atoms with Crippen molar-refractivity contribution >= 4 is 34.9 Å². The molecule has 0 aromatic carbocycles. The lowest BCUT2D eigenvalue weighted by Crippen LogP contribution is -3.13. The van der Waals surface area contributed by atoms with Gasteiger partial charge < -0.3 is 4.90 Å². The number of nitrogens with one attached hydrogen (secondary N) is 1. The van der Waals surface area contributed by atoms with Gasteiger partial charge in [-0.3, -0.25) is 0 Å². The molecule has 2 aromatic heterocycles. The summed E-state index contributed by atoms with van der Waals surface area (Å²) in [7, 11) is 0. The second-order valence-corrected chi connectivity index (χ2v) is 8.64. The van der Waals surface area contributed by atoms with Crippen molar-refractivity contribution < 1.29 is 4.90 Å². The molecule has 4 rings (SSSR count). The van der Waals surface area contributed by atoms with Gasteiger partial charge in [0.25, 0.3) is 0 Å². The molecule has 20 heavy (non-hydrogen) atoms. The summed E-state index contributed by atoms with van der Waals surface area (Å²) in [5.74, 6) is 0.882. The van der Waals surface area contributed by atoms with Gasteiger partial charge in [-0.1, -0.05) is 11.3 Å². The molecule has 1 aliphatic heterocycles. The second kappa shape index (κ2) is 5.02. The Hall–Kier alpha value is -0.560. The Morgan fingerprint density at radius 1 is 1.50 bits per heavy atom. The van der Waals surface area contributed by atoms with E-state index in [4.69, 9.17) is 12.2 Å². The van der Waals surface area contributed by atoms with Crippen LogP contribution in [0, 0.1) is 16.8 Å². The molecular weight excluding hydrogens is 306 g/mol. The van der Waals surface area contributed by atoms with Crippen LogP contribution in [0.2, 0.25) is 0 Å². The standard InChI is InChI=1S/C14H17N3S3/c1-9-15-17(14(18)20-9)8-16-6-4-12-11(5-7-19-12)13(16)10-2-3-10/h5,7,10,13H,2-4,6,8H2,1H3/p+1/t13-/m0/s1. The second-order valence-electron chi connectivity index (χ2n) is 5.82. The Morgan fingerprint density at radius 3 is 3.05 bits per heavy atom. The van der Waals surface area contributed by atoms with Crippen LogP contribution in [0.3, 0.4) is 0 Å². The monoisotopic (exact) mass is 324 g/mol. The molecular formula is C14H18N3S3+. The summed E-state index contributed by atoms with van der Waals surface area (Å²) in [5.41, 5.74) is 1.61. The van der Waals surface area contributed by atoms with Gasteiger partial charge >= 0.3 is 0 Å². The van der Waals surface area contributed by atoms with Crippen LogP contribution >= 0.6 is 34.9 Å². The van der Waals surface area contributed by atoms with E-state index >= 15 is 0 Å². The van der Waals surface area contributed by atoms with Crippen molar-refractivity contribution in [2.24, 2.45) is 5.92 Å². The predicted octanol–water partition coefficient (Wildman–Crippen LogP) is 2.59. The maximum atomic E-state index is 5.43. The van der Waals surface area contributed by atoms with Crippen LogP contribution in [-0.2, 0) is 13.1 Å². The van der Waals surface area contributed by atoms with E-state index in [1.54, 1.807) is 26.7 Å². The number of thiophene rings is 1. The van der Waals surface area contributed by atoms with Gasteiger partial charge in [0.2, 0.25) is 0 Å². The van der Waals surface area contributed by atoms with E-state index in [1.165, 1.54) is 25.8 Å². The molecule has 2 atom stereocenters. The number of aromatic nitrogens is 2. The number of fused-ring (bicyclic) bond motifs is 1. The third-order valence-electron chi connectivity index (χ3n) is 4.38. The Kier molecular flexibility index (Phi) is 3.29. The minimum absolute atomic E-state index is 0.675. The molecule has 1 N–H and O–H groups in total. The molecule has 0 bridgehead atoms. The average Bonchev–Trinajstić information content (AvgIpc) is 3.05. The highest BCUT2D eigenvalue weighted by atomic mass is 32.1. The zero-order chi connectivity index (χ0) is 13.7. The predicted molar refractivity (Wildman–Crippen MR) is 85.0 cm³/mol. The molecule has 3 nitrogen and oxygen atoms in total. The Bertz CT molecular complexity index is 680. The molecule has 1 aliphatic carbocycles. The van der Waals surface area contributed by atoms with E-state index in [9.17, 15) is 0 Å². The lowest BCUT2D eigenvalue weighted by molar-refractivity contribution is -0.958. The smallest absolute Gasteiger partial charge is 0.184 e. The SMILES string of the molecule is Cc1nn(C[NH+]2CCc3sccc3[C@@H]2C2CC2)c(=S)s1. The maximum Gasteiger partial charge on any atom is 0.184 e. The molecule has 0 spiro atoms. The van der Waals surface area contributed by atoms with Crippen LogP contribution in [0.15, 0.2) is 11.4 Å². The summed E-state index contributed by atoms with van der Waals surface area (Å²) in [6, 6.07) is 3.03. The van der Waals surface area contributed by atoms with Gasteiger partial charge in [0, 0.05) is 22.8 Å². The summed E-state index contributed by atoms with van der Waals surface area (Å²) in [4.78, 5) is 3.27. The van der Waals surface area contributed by atoms with E-state index in [-0.39, 0.29) is 0 Å². The van der Waals surface area contributed by atoms with Crippen LogP contribution in [0.25, 0.3) is 0 Å².